The Balaban J connectivity index is 1.90. The largest absolute Gasteiger partial charge is 0.490 e. The Morgan fingerprint density at radius 1 is 1.22 bits per heavy atom. The Labute approximate surface area is 135 Å². The SMILES string of the molecule is CCN1C=C(C(=O)OCCOc2ccccc2)C(C)=NS1(=O)=O. The highest BCUT2D eigenvalue weighted by molar-refractivity contribution is 7.88. The monoisotopic (exact) mass is 338 g/mol. The molecular weight excluding hydrogens is 320 g/mol. The van der Waals surface area contributed by atoms with E-state index in [-0.39, 0.29) is 31.0 Å². The molecule has 0 N–H and O–H groups in total. The molecule has 0 atom stereocenters. The smallest absolute Gasteiger partial charge is 0.344 e. The van der Waals surface area contributed by atoms with Gasteiger partial charge in [-0.15, -0.1) is 4.40 Å². The molecular formula is C15H18N2O5S. The van der Waals surface area contributed by atoms with Crippen LogP contribution in [0.4, 0.5) is 0 Å². The number of esters is 1. The summed E-state index contributed by atoms with van der Waals surface area (Å²) in [5, 5.41) is 0. The lowest BCUT2D eigenvalue weighted by Gasteiger charge is -2.21. The molecule has 0 aromatic heterocycles. The van der Waals surface area contributed by atoms with Crippen molar-refractivity contribution in [3.05, 3.63) is 42.1 Å². The summed E-state index contributed by atoms with van der Waals surface area (Å²) < 4.78 is 38.5. The van der Waals surface area contributed by atoms with E-state index in [0.717, 1.165) is 4.31 Å². The Morgan fingerprint density at radius 3 is 2.57 bits per heavy atom. The van der Waals surface area contributed by atoms with Crippen LogP contribution in [0.5, 0.6) is 5.75 Å². The van der Waals surface area contributed by atoms with Gasteiger partial charge in [0.25, 0.3) is 0 Å². The van der Waals surface area contributed by atoms with Gasteiger partial charge in [-0.2, -0.15) is 8.42 Å². The van der Waals surface area contributed by atoms with E-state index >= 15 is 0 Å². The normalized spacial score (nSPS) is 16.3. The average Bonchev–Trinajstić information content (AvgIpc) is 2.51. The third kappa shape index (κ3) is 4.32. The molecule has 8 heteroatoms. The Kier molecular flexibility index (Phi) is 5.38. The van der Waals surface area contributed by atoms with Gasteiger partial charge in [0.2, 0.25) is 0 Å². The van der Waals surface area contributed by atoms with Crippen LogP contribution in [0.3, 0.4) is 0 Å². The van der Waals surface area contributed by atoms with Crippen molar-refractivity contribution in [1.82, 2.24) is 4.31 Å². The summed E-state index contributed by atoms with van der Waals surface area (Å²) in [6.07, 6.45) is 1.25. The van der Waals surface area contributed by atoms with Crippen LogP contribution in [-0.4, -0.2) is 44.2 Å². The highest BCUT2D eigenvalue weighted by Crippen LogP contribution is 2.17. The van der Waals surface area contributed by atoms with E-state index in [1.54, 1.807) is 19.1 Å². The minimum atomic E-state index is -3.74. The van der Waals surface area contributed by atoms with Crippen molar-refractivity contribution in [2.75, 3.05) is 19.8 Å². The first-order valence-electron chi connectivity index (χ1n) is 7.09. The zero-order valence-corrected chi connectivity index (χ0v) is 13.7. The number of rotatable bonds is 6. The maximum absolute atomic E-state index is 12.0. The zero-order valence-electron chi connectivity index (χ0n) is 12.9. The summed E-state index contributed by atoms with van der Waals surface area (Å²) in [5.74, 6) is 0.0534. The summed E-state index contributed by atoms with van der Waals surface area (Å²) in [5.41, 5.74) is 0.241. The highest BCUT2D eigenvalue weighted by Gasteiger charge is 2.27. The van der Waals surface area contributed by atoms with Gasteiger partial charge in [-0.25, -0.2) is 4.79 Å². The molecule has 0 saturated heterocycles. The van der Waals surface area contributed by atoms with Crippen LogP contribution in [0, 0.1) is 0 Å². The van der Waals surface area contributed by atoms with Crippen molar-refractivity contribution in [1.29, 1.82) is 0 Å². The first-order chi connectivity index (χ1) is 10.9. The summed E-state index contributed by atoms with van der Waals surface area (Å²) >= 11 is 0. The van der Waals surface area contributed by atoms with Crippen LogP contribution in [0.2, 0.25) is 0 Å². The van der Waals surface area contributed by atoms with Gasteiger partial charge in [-0.3, -0.25) is 4.31 Å². The molecule has 1 aliphatic heterocycles. The van der Waals surface area contributed by atoms with Crippen molar-refractivity contribution >= 4 is 21.9 Å². The van der Waals surface area contributed by atoms with E-state index in [9.17, 15) is 13.2 Å². The van der Waals surface area contributed by atoms with Gasteiger partial charge in [0.05, 0.1) is 11.3 Å². The third-order valence-corrected chi connectivity index (χ3v) is 4.53. The molecule has 1 aliphatic rings. The van der Waals surface area contributed by atoms with Crippen LogP contribution in [0.15, 0.2) is 46.5 Å². The summed E-state index contributed by atoms with van der Waals surface area (Å²) in [4.78, 5) is 12.0. The average molecular weight is 338 g/mol. The fourth-order valence-electron chi connectivity index (χ4n) is 1.92. The minimum Gasteiger partial charge on any atom is -0.490 e. The maximum atomic E-state index is 12.0. The summed E-state index contributed by atoms with van der Waals surface area (Å²) in [6.45, 7) is 3.55. The number of benzene rings is 1. The fourth-order valence-corrected chi connectivity index (χ4v) is 3.04. The standard InChI is InChI=1S/C15H18N2O5S/c1-3-17-11-14(12(2)16-23(17,19)20)15(18)22-10-9-21-13-7-5-4-6-8-13/h4-8,11H,3,9-10H2,1-2H3. The third-order valence-electron chi connectivity index (χ3n) is 3.07. The molecule has 0 amide bonds. The van der Waals surface area contributed by atoms with Crippen molar-refractivity contribution in [2.45, 2.75) is 13.8 Å². The molecule has 2 rings (SSSR count). The van der Waals surface area contributed by atoms with Gasteiger partial charge in [-0.1, -0.05) is 18.2 Å². The zero-order chi connectivity index (χ0) is 16.9. The number of hydrogen-bond donors (Lipinski definition) is 0. The molecule has 1 aromatic carbocycles. The molecule has 0 spiro atoms. The highest BCUT2D eigenvalue weighted by atomic mass is 32.2. The lowest BCUT2D eigenvalue weighted by Crippen LogP contribution is -2.32. The molecule has 23 heavy (non-hydrogen) atoms. The lowest BCUT2D eigenvalue weighted by molar-refractivity contribution is -0.139. The predicted molar refractivity (Wildman–Crippen MR) is 85.4 cm³/mol. The second-order valence-corrected chi connectivity index (χ2v) is 6.25. The van der Waals surface area contributed by atoms with Gasteiger partial charge in [-0.05, 0) is 26.0 Å². The lowest BCUT2D eigenvalue weighted by atomic mass is 10.2. The molecule has 1 aromatic rings. The molecule has 0 radical (unpaired) electrons. The van der Waals surface area contributed by atoms with Gasteiger partial charge in [0.1, 0.15) is 19.0 Å². The molecule has 0 fully saturated rings. The number of para-hydroxylation sites is 1. The van der Waals surface area contributed by atoms with Gasteiger partial charge < -0.3 is 9.47 Å². The maximum Gasteiger partial charge on any atom is 0.344 e. The van der Waals surface area contributed by atoms with E-state index in [1.165, 1.54) is 13.1 Å². The minimum absolute atomic E-state index is 0.0528. The number of carbonyl (C=O) groups is 1. The first kappa shape index (κ1) is 17.0. The van der Waals surface area contributed by atoms with Crippen LogP contribution in [0.25, 0.3) is 0 Å². The predicted octanol–water partition coefficient (Wildman–Crippen LogP) is 1.53. The summed E-state index contributed by atoms with van der Waals surface area (Å²) in [6, 6.07) is 9.15. The van der Waals surface area contributed by atoms with Crippen LogP contribution in [-0.2, 0) is 19.7 Å². The Bertz CT molecular complexity index is 725. The molecule has 7 nitrogen and oxygen atoms in total. The molecule has 1 heterocycles. The van der Waals surface area contributed by atoms with E-state index in [0.29, 0.717) is 5.75 Å². The van der Waals surface area contributed by atoms with Crippen LogP contribution in [0.1, 0.15) is 13.8 Å². The van der Waals surface area contributed by atoms with E-state index < -0.39 is 16.2 Å². The number of nitrogens with zero attached hydrogens (tertiary/aromatic N) is 2. The molecule has 124 valence electrons. The van der Waals surface area contributed by atoms with Crippen LogP contribution >= 0.6 is 0 Å². The fraction of sp³-hybridized carbons (Fsp3) is 0.333. The Hall–Kier alpha value is -2.35. The number of ether oxygens (including phenoxy) is 2. The molecule has 0 aliphatic carbocycles. The van der Waals surface area contributed by atoms with Gasteiger partial charge in [0.15, 0.2) is 0 Å². The number of carbonyl (C=O) groups excluding carboxylic acids is 1. The molecule has 0 bridgehead atoms. The Morgan fingerprint density at radius 2 is 1.91 bits per heavy atom. The van der Waals surface area contributed by atoms with Crippen molar-refractivity contribution in [2.24, 2.45) is 4.40 Å². The van der Waals surface area contributed by atoms with E-state index in [1.807, 2.05) is 18.2 Å². The molecule has 0 unspecified atom stereocenters. The number of hydrogen-bond acceptors (Lipinski definition) is 5. The van der Waals surface area contributed by atoms with Gasteiger partial charge in [0, 0.05) is 12.7 Å². The quantitative estimate of drug-likeness (QED) is 0.580. The summed E-state index contributed by atoms with van der Waals surface area (Å²) in [7, 11) is -3.74. The van der Waals surface area contributed by atoms with Crippen molar-refractivity contribution in [3.8, 4) is 5.75 Å². The van der Waals surface area contributed by atoms with Crippen molar-refractivity contribution < 1.29 is 22.7 Å². The van der Waals surface area contributed by atoms with Crippen molar-refractivity contribution in [3.63, 3.8) is 0 Å². The van der Waals surface area contributed by atoms with Gasteiger partial charge >= 0.3 is 16.2 Å². The van der Waals surface area contributed by atoms with Crippen LogP contribution < -0.4 is 4.74 Å². The van der Waals surface area contributed by atoms with E-state index in [2.05, 4.69) is 4.40 Å². The van der Waals surface area contributed by atoms with E-state index in [4.69, 9.17) is 9.47 Å². The topological polar surface area (TPSA) is 85.3 Å². The molecule has 0 saturated carbocycles. The second-order valence-electron chi connectivity index (χ2n) is 4.70. The first-order valence-corrected chi connectivity index (χ1v) is 8.49. The second kappa shape index (κ2) is 7.28.